The number of ether oxygens (including phenoxy) is 1. The van der Waals surface area contributed by atoms with Crippen LogP contribution in [0.4, 0.5) is 5.82 Å². The first-order valence-corrected chi connectivity index (χ1v) is 6.25. The van der Waals surface area contributed by atoms with Crippen LogP contribution >= 0.6 is 0 Å². The Bertz CT molecular complexity index is 497. The summed E-state index contributed by atoms with van der Waals surface area (Å²) >= 11 is 0. The van der Waals surface area contributed by atoms with Crippen LogP contribution in [-0.4, -0.2) is 39.1 Å². The molecule has 1 aromatic rings. The van der Waals surface area contributed by atoms with Crippen molar-refractivity contribution >= 4 is 11.8 Å². The number of carboxylic acids is 1. The predicted molar refractivity (Wildman–Crippen MR) is 64.8 cm³/mol. The van der Waals surface area contributed by atoms with Gasteiger partial charge in [0.2, 0.25) is 0 Å². The Hall–Kier alpha value is -1.56. The van der Waals surface area contributed by atoms with Crippen molar-refractivity contribution in [2.24, 2.45) is 7.05 Å². The zero-order chi connectivity index (χ0) is 12.9. The highest BCUT2D eigenvalue weighted by Crippen LogP contribution is 2.36. The molecule has 1 aromatic heterocycles. The summed E-state index contributed by atoms with van der Waals surface area (Å²) in [5.41, 5.74) is 0.803. The summed E-state index contributed by atoms with van der Waals surface area (Å²) in [6, 6.07) is 0.205. The van der Waals surface area contributed by atoms with Crippen LogP contribution in [0.5, 0.6) is 0 Å². The normalized spacial score (nSPS) is 29.8. The van der Waals surface area contributed by atoms with Gasteiger partial charge < -0.3 is 15.2 Å². The average Bonchev–Trinajstić information content (AvgIpc) is 2.94. The molecule has 6 nitrogen and oxygen atoms in total. The van der Waals surface area contributed by atoms with Crippen LogP contribution < -0.4 is 5.32 Å². The van der Waals surface area contributed by atoms with E-state index >= 15 is 0 Å². The second kappa shape index (κ2) is 3.98. The van der Waals surface area contributed by atoms with E-state index in [0.717, 1.165) is 19.3 Å². The molecule has 3 rings (SSSR count). The molecule has 2 saturated heterocycles. The fourth-order valence-electron chi connectivity index (χ4n) is 3.05. The summed E-state index contributed by atoms with van der Waals surface area (Å²) in [5.74, 6) is -0.353. The van der Waals surface area contributed by atoms with Gasteiger partial charge in [0.15, 0.2) is 0 Å². The van der Waals surface area contributed by atoms with Crippen molar-refractivity contribution in [2.45, 2.75) is 44.4 Å². The number of aromatic carboxylic acids is 1. The first kappa shape index (κ1) is 11.5. The summed E-state index contributed by atoms with van der Waals surface area (Å²) in [6.45, 7) is 1.71. The van der Waals surface area contributed by atoms with Crippen LogP contribution in [0, 0.1) is 6.92 Å². The Morgan fingerprint density at radius 3 is 2.89 bits per heavy atom. The maximum atomic E-state index is 11.3. The molecule has 2 aliphatic rings. The van der Waals surface area contributed by atoms with Gasteiger partial charge in [0.1, 0.15) is 11.4 Å². The maximum Gasteiger partial charge on any atom is 0.341 e. The summed E-state index contributed by atoms with van der Waals surface area (Å²) in [5, 5.41) is 16.7. The van der Waals surface area contributed by atoms with Crippen LogP contribution in [0.3, 0.4) is 0 Å². The van der Waals surface area contributed by atoms with E-state index in [-0.39, 0.29) is 17.7 Å². The molecular weight excluding hydrogens is 234 g/mol. The molecule has 0 amide bonds. The number of hydrogen-bond donors (Lipinski definition) is 2. The van der Waals surface area contributed by atoms with Crippen LogP contribution in [0.2, 0.25) is 0 Å². The molecule has 0 aromatic carbocycles. The van der Waals surface area contributed by atoms with Crippen molar-refractivity contribution in [3.05, 3.63) is 11.3 Å². The lowest BCUT2D eigenvalue weighted by Gasteiger charge is -2.21. The van der Waals surface area contributed by atoms with Gasteiger partial charge in [-0.2, -0.15) is 5.10 Å². The monoisotopic (exact) mass is 251 g/mol. The molecule has 0 saturated carbocycles. The highest BCUT2D eigenvalue weighted by Gasteiger charge is 2.41. The molecular formula is C12H17N3O3. The molecule has 3 atom stereocenters. The van der Waals surface area contributed by atoms with Gasteiger partial charge in [-0.1, -0.05) is 0 Å². The van der Waals surface area contributed by atoms with Gasteiger partial charge in [0, 0.05) is 7.05 Å². The molecule has 3 heterocycles. The van der Waals surface area contributed by atoms with Crippen molar-refractivity contribution in [3.63, 3.8) is 0 Å². The van der Waals surface area contributed by atoms with Gasteiger partial charge in [0.05, 0.1) is 23.9 Å². The zero-order valence-electron chi connectivity index (χ0n) is 10.5. The Kier molecular flexibility index (Phi) is 2.55. The van der Waals surface area contributed by atoms with E-state index < -0.39 is 5.97 Å². The van der Waals surface area contributed by atoms with Crippen LogP contribution in [0.1, 0.15) is 35.3 Å². The number of carboxylic acid groups (broad SMARTS) is 1. The topological polar surface area (TPSA) is 76.4 Å². The van der Waals surface area contributed by atoms with Crippen LogP contribution in [-0.2, 0) is 11.8 Å². The van der Waals surface area contributed by atoms with E-state index in [1.807, 2.05) is 0 Å². The van der Waals surface area contributed by atoms with Crippen molar-refractivity contribution in [2.75, 3.05) is 5.32 Å². The van der Waals surface area contributed by atoms with Gasteiger partial charge in [-0.05, 0) is 26.2 Å². The van der Waals surface area contributed by atoms with E-state index in [9.17, 15) is 9.90 Å². The number of carbonyl (C=O) groups is 1. The third-order valence-electron chi connectivity index (χ3n) is 3.86. The minimum absolute atomic E-state index is 0.205. The molecule has 0 radical (unpaired) electrons. The van der Waals surface area contributed by atoms with Gasteiger partial charge in [-0.15, -0.1) is 0 Å². The van der Waals surface area contributed by atoms with E-state index in [1.54, 1.807) is 18.7 Å². The predicted octanol–water partition coefficient (Wildman–Crippen LogP) is 1.16. The summed E-state index contributed by atoms with van der Waals surface area (Å²) in [6.07, 6.45) is 3.69. The fraction of sp³-hybridized carbons (Fsp3) is 0.667. The minimum Gasteiger partial charge on any atom is -0.477 e. The van der Waals surface area contributed by atoms with E-state index in [0.29, 0.717) is 17.6 Å². The van der Waals surface area contributed by atoms with Crippen molar-refractivity contribution < 1.29 is 14.6 Å². The molecule has 0 aliphatic carbocycles. The molecule has 3 unspecified atom stereocenters. The summed E-state index contributed by atoms with van der Waals surface area (Å²) in [7, 11) is 1.76. The number of aryl methyl sites for hydroxylation is 2. The Morgan fingerprint density at radius 1 is 1.56 bits per heavy atom. The first-order valence-electron chi connectivity index (χ1n) is 6.25. The Morgan fingerprint density at radius 2 is 2.33 bits per heavy atom. The fourth-order valence-corrected chi connectivity index (χ4v) is 3.05. The van der Waals surface area contributed by atoms with E-state index in [1.165, 1.54) is 0 Å². The highest BCUT2D eigenvalue weighted by molar-refractivity contribution is 5.94. The molecule has 2 aliphatic heterocycles. The minimum atomic E-state index is -0.938. The lowest BCUT2D eigenvalue weighted by Crippen LogP contribution is -2.32. The molecule has 0 spiro atoms. The lowest BCUT2D eigenvalue weighted by atomic mass is 9.95. The standard InChI is InChI=1S/C12H17N3O3/c1-6-10(12(16)17)11(15(2)14-6)13-8-5-7-3-4-9(8)18-7/h7-9,13H,3-5H2,1-2H3,(H,16,17). The number of aromatic nitrogens is 2. The third-order valence-corrected chi connectivity index (χ3v) is 3.86. The lowest BCUT2D eigenvalue weighted by molar-refractivity contribution is 0.0696. The summed E-state index contributed by atoms with van der Waals surface area (Å²) in [4.78, 5) is 11.3. The van der Waals surface area contributed by atoms with Crippen molar-refractivity contribution in [1.82, 2.24) is 9.78 Å². The maximum absolute atomic E-state index is 11.3. The first-order chi connectivity index (χ1) is 8.56. The molecule has 2 bridgehead atoms. The van der Waals surface area contributed by atoms with Gasteiger partial charge in [0.25, 0.3) is 0 Å². The number of nitrogens with one attached hydrogen (secondary N) is 1. The SMILES string of the molecule is Cc1nn(C)c(NC2CC3CCC2O3)c1C(=O)O. The van der Waals surface area contributed by atoms with Crippen molar-refractivity contribution in [3.8, 4) is 0 Å². The molecule has 2 N–H and O–H groups in total. The number of rotatable bonds is 3. The molecule has 98 valence electrons. The largest absolute Gasteiger partial charge is 0.477 e. The number of nitrogens with zero attached hydrogens (tertiary/aromatic N) is 2. The third kappa shape index (κ3) is 1.68. The van der Waals surface area contributed by atoms with E-state index in [2.05, 4.69) is 10.4 Å². The average molecular weight is 251 g/mol. The number of anilines is 1. The molecule has 2 fully saturated rings. The molecule has 6 heteroatoms. The highest BCUT2D eigenvalue weighted by atomic mass is 16.5. The Labute approximate surface area is 105 Å². The van der Waals surface area contributed by atoms with Gasteiger partial charge >= 0.3 is 5.97 Å². The van der Waals surface area contributed by atoms with Gasteiger partial charge in [-0.3, -0.25) is 4.68 Å². The van der Waals surface area contributed by atoms with Crippen LogP contribution in [0.25, 0.3) is 0 Å². The summed E-state index contributed by atoms with van der Waals surface area (Å²) < 4.78 is 7.37. The number of fused-ring (bicyclic) bond motifs is 2. The van der Waals surface area contributed by atoms with Gasteiger partial charge in [-0.25, -0.2) is 4.79 Å². The van der Waals surface area contributed by atoms with E-state index in [4.69, 9.17) is 4.74 Å². The molecule has 18 heavy (non-hydrogen) atoms. The Balaban J connectivity index is 1.86. The second-order valence-electron chi connectivity index (χ2n) is 5.10. The number of hydrogen-bond acceptors (Lipinski definition) is 4. The second-order valence-corrected chi connectivity index (χ2v) is 5.10. The van der Waals surface area contributed by atoms with Crippen LogP contribution in [0.15, 0.2) is 0 Å². The zero-order valence-corrected chi connectivity index (χ0v) is 10.5. The van der Waals surface area contributed by atoms with Crippen molar-refractivity contribution in [1.29, 1.82) is 0 Å². The smallest absolute Gasteiger partial charge is 0.341 e. The quantitative estimate of drug-likeness (QED) is 0.843.